The first-order valence-electron chi connectivity index (χ1n) is 6.28. The van der Waals surface area contributed by atoms with Crippen LogP contribution in [0.4, 0.5) is 0 Å². The Morgan fingerprint density at radius 1 is 1.10 bits per heavy atom. The lowest BCUT2D eigenvalue weighted by Gasteiger charge is -2.05. The Balaban J connectivity index is 1.75. The smallest absolute Gasteiger partial charge is 0.261 e. The fourth-order valence-electron chi connectivity index (χ4n) is 2.02. The Morgan fingerprint density at radius 3 is 2.65 bits per heavy atom. The Hall–Kier alpha value is -2.33. The van der Waals surface area contributed by atoms with Crippen LogP contribution in [-0.4, -0.2) is 11.0 Å². The van der Waals surface area contributed by atoms with Crippen molar-refractivity contribution in [1.29, 1.82) is 0 Å². The van der Waals surface area contributed by atoms with Gasteiger partial charge in [0, 0.05) is 16.8 Å². The highest BCUT2D eigenvalue weighted by Gasteiger charge is 2.10. The maximum absolute atomic E-state index is 12.1. The lowest BCUT2D eigenvalue weighted by Crippen LogP contribution is -2.21. The first-order chi connectivity index (χ1) is 9.74. The Morgan fingerprint density at radius 2 is 1.85 bits per heavy atom. The van der Waals surface area contributed by atoms with Gasteiger partial charge in [0.15, 0.2) is 0 Å². The van der Waals surface area contributed by atoms with Gasteiger partial charge in [-0.15, -0.1) is 11.3 Å². The maximum atomic E-state index is 12.1. The van der Waals surface area contributed by atoms with Crippen molar-refractivity contribution in [2.45, 2.75) is 6.54 Å². The van der Waals surface area contributed by atoms with Gasteiger partial charge in [-0.2, -0.15) is 0 Å². The zero-order valence-corrected chi connectivity index (χ0v) is 11.5. The van der Waals surface area contributed by atoms with Gasteiger partial charge in [-0.1, -0.05) is 36.4 Å². The van der Waals surface area contributed by atoms with Crippen molar-refractivity contribution in [3.05, 3.63) is 65.0 Å². The highest BCUT2D eigenvalue weighted by atomic mass is 32.1. The molecular formula is C16H13NO2S. The quantitative estimate of drug-likeness (QED) is 0.772. The second kappa shape index (κ2) is 5.35. The molecule has 3 rings (SSSR count). The van der Waals surface area contributed by atoms with Gasteiger partial charge in [0.05, 0.1) is 4.88 Å². The summed E-state index contributed by atoms with van der Waals surface area (Å²) >= 11 is 1.47. The predicted octanol–water partition coefficient (Wildman–Crippen LogP) is 3.54. The molecule has 1 amide bonds. The van der Waals surface area contributed by atoms with E-state index in [1.165, 1.54) is 11.3 Å². The molecule has 0 radical (unpaired) electrons. The van der Waals surface area contributed by atoms with Gasteiger partial charge in [-0.05, 0) is 23.6 Å². The van der Waals surface area contributed by atoms with Crippen LogP contribution in [0.15, 0.2) is 54.6 Å². The third-order valence-corrected chi connectivity index (χ3v) is 4.20. The second-order valence-corrected chi connectivity index (χ2v) is 5.54. The van der Waals surface area contributed by atoms with Crippen LogP contribution < -0.4 is 5.32 Å². The van der Waals surface area contributed by atoms with Crippen molar-refractivity contribution in [3.63, 3.8) is 0 Å². The number of rotatable bonds is 3. The first kappa shape index (κ1) is 12.7. The van der Waals surface area contributed by atoms with Crippen LogP contribution in [-0.2, 0) is 6.54 Å². The van der Waals surface area contributed by atoms with Crippen LogP contribution in [0.1, 0.15) is 15.2 Å². The number of thiophene rings is 1. The molecule has 0 aliphatic heterocycles. The summed E-state index contributed by atoms with van der Waals surface area (Å²) in [5, 5.41) is 13.6. The lowest BCUT2D eigenvalue weighted by atomic mass is 10.2. The molecule has 1 heterocycles. The minimum absolute atomic E-state index is 0.116. The molecule has 1 aromatic heterocycles. The number of fused-ring (bicyclic) bond motifs is 1. The zero-order valence-electron chi connectivity index (χ0n) is 10.7. The summed E-state index contributed by atoms with van der Waals surface area (Å²) in [6.07, 6.45) is 0. The summed E-state index contributed by atoms with van der Waals surface area (Å²) < 4.78 is 1.10. The number of phenolic OH excluding ortho intramolecular Hbond substituents is 1. The van der Waals surface area contributed by atoms with Crippen molar-refractivity contribution >= 4 is 27.3 Å². The van der Waals surface area contributed by atoms with E-state index < -0.39 is 0 Å². The number of phenols is 1. The average molecular weight is 283 g/mol. The Labute approximate surface area is 120 Å². The molecule has 100 valence electrons. The molecule has 0 spiro atoms. The van der Waals surface area contributed by atoms with E-state index in [1.54, 1.807) is 18.2 Å². The number of hydrogen-bond donors (Lipinski definition) is 2. The molecule has 20 heavy (non-hydrogen) atoms. The van der Waals surface area contributed by atoms with Gasteiger partial charge in [0.1, 0.15) is 5.75 Å². The summed E-state index contributed by atoms with van der Waals surface area (Å²) in [6.45, 7) is 0.319. The molecule has 3 aromatic rings. The van der Waals surface area contributed by atoms with Gasteiger partial charge in [0.25, 0.3) is 5.91 Å². The standard InChI is InChI=1S/C16H13NO2S/c18-13-7-3-1-6-12(13)10-17-16(19)15-9-11-5-2-4-8-14(11)20-15/h1-9,18H,10H2,(H,17,19). The van der Waals surface area contributed by atoms with E-state index >= 15 is 0 Å². The highest BCUT2D eigenvalue weighted by molar-refractivity contribution is 7.20. The SMILES string of the molecule is O=C(NCc1ccccc1O)c1cc2ccccc2s1. The molecule has 0 atom stereocenters. The Kier molecular flexibility index (Phi) is 3.39. The van der Waals surface area contributed by atoms with Gasteiger partial charge in [0.2, 0.25) is 0 Å². The van der Waals surface area contributed by atoms with Crippen LogP contribution in [0.3, 0.4) is 0 Å². The van der Waals surface area contributed by atoms with Crippen LogP contribution in [0.25, 0.3) is 10.1 Å². The van der Waals surface area contributed by atoms with Gasteiger partial charge in [-0.25, -0.2) is 0 Å². The third-order valence-electron chi connectivity index (χ3n) is 3.08. The van der Waals surface area contributed by atoms with Crippen molar-refractivity contribution in [2.24, 2.45) is 0 Å². The molecular weight excluding hydrogens is 270 g/mol. The largest absolute Gasteiger partial charge is 0.508 e. The molecule has 4 heteroatoms. The van der Waals surface area contributed by atoms with Crippen LogP contribution in [0, 0.1) is 0 Å². The fourth-order valence-corrected chi connectivity index (χ4v) is 3.00. The number of carbonyl (C=O) groups excluding carboxylic acids is 1. The average Bonchev–Trinajstić information content (AvgIpc) is 2.90. The summed E-state index contributed by atoms with van der Waals surface area (Å²) in [6, 6.07) is 16.8. The number of nitrogens with one attached hydrogen (secondary N) is 1. The molecule has 0 bridgehead atoms. The van der Waals surface area contributed by atoms with E-state index in [1.807, 2.05) is 36.4 Å². The third kappa shape index (κ3) is 2.51. The number of aromatic hydroxyl groups is 1. The topological polar surface area (TPSA) is 49.3 Å². The summed E-state index contributed by atoms with van der Waals surface area (Å²) in [5.74, 6) is 0.0820. The predicted molar refractivity (Wildman–Crippen MR) is 81.1 cm³/mol. The molecule has 0 unspecified atom stereocenters. The normalized spacial score (nSPS) is 10.6. The number of amides is 1. The van der Waals surface area contributed by atoms with E-state index in [9.17, 15) is 9.90 Å². The van der Waals surface area contributed by atoms with Gasteiger partial charge >= 0.3 is 0 Å². The monoisotopic (exact) mass is 283 g/mol. The number of hydrogen-bond acceptors (Lipinski definition) is 3. The molecule has 0 saturated carbocycles. The molecule has 0 aliphatic rings. The highest BCUT2D eigenvalue weighted by Crippen LogP contribution is 2.25. The molecule has 2 N–H and O–H groups in total. The van der Waals surface area contributed by atoms with Gasteiger partial charge < -0.3 is 10.4 Å². The van der Waals surface area contributed by atoms with E-state index in [2.05, 4.69) is 5.32 Å². The fraction of sp³-hybridized carbons (Fsp3) is 0.0625. The van der Waals surface area contributed by atoms with E-state index in [0.717, 1.165) is 10.1 Å². The number of benzene rings is 2. The molecule has 2 aromatic carbocycles. The van der Waals surface area contributed by atoms with Gasteiger partial charge in [-0.3, -0.25) is 4.79 Å². The number of carbonyl (C=O) groups is 1. The first-order valence-corrected chi connectivity index (χ1v) is 7.09. The summed E-state index contributed by atoms with van der Waals surface area (Å²) in [7, 11) is 0. The summed E-state index contributed by atoms with van der Waals surface area (Å²) in [4.78, 5) is 12.8. The van der Waals surface area contributed by atoms with Crippen LogP contribution >= 0.6 is 11.3 Å². The van der Waals surface area contributed by atoms with Crippen LogP contribution in [0.5, 0.6) is 5.75 Å². The van der Waals surface area contributed by atoms with E-state index in [4.69, 9.17) is 0 Å². The minimum atomic E-state index is -0.116. The summed E-state index contributed by atoms with van der Waals surface area (Å²) in [5.41, 5.74) is 0.710. The lowest BCUT2D eigenvalue weighted by molar-refractivity contribution is 0.0955. The van der Waals surface area contributed by atoms with E-state index in [0.29, 0.717) is 17.0 Å². The van der Waals surface area contributed by atoms with Crippen molar-refractivity contribution < 1.29 is 9.90 Å². The number of para-hydroxylation sites is 1. The van der Waals surface area contributed by atoms with E-state index in [-0.39, 0.29) is 11.7 Å². The van der Waals surface area contributed by atoms with Crippen LogP contribution in [0.2, 0.25) is 0 Å². The van der Waals surface area contributed by atoms with Crippen molar-refractivity contribution in [1.82, 2.24) is 5.32 Å². The van der Waals surface area contributed by atoms with Crippen molar-refractivity contribution in [3.8, 4) is 5.75 Å². The Bertz CT molecular complexity index is 731. The van der Waals surface area contributed by atoms with Crippen molar-refractivity contribution in [2.75, 3.05) is 0 Å². The second-order valence-electron chi connectivity index (χ2n) is 4.46. The molecule has 3 nitrogen and oxygen atoms in total. The molecule has 0 fully saturated rings. The molecule has 0 aliphatic carbocycles. The minimum Gasteiger partial charge on any atom is -0.508 e. The maximum Gasteiger partial charge on any atom is 0.261 e. The molecule has 0 saturated heterocycles. The zero-order chi connectivity index (χ0) is 13.9.